The molecule has 0 rings (SSSR count). The number of amides is 1. The molecule has 0 aromatic rings. The van der Waals surface area contributed by atoms with Crippen LogP contribution in [0.3, 0.4) is 0 Å². The minimum Gasteiger partial charge on any atom is -0.382 e. The van der Waals surface area contributed by atoms with E-state index in [9.17, 15) is 4.79 Å². The highest BCUT2D eigenvalue weighted by atomic mass is 16.5. The van der Waals surface area contributed by atoms with E-state index in [-0.39, 0.29) is 5.91 Å². The molecule has 52 heavy (non-hydrogen) atoms. The zero-order chi connectivity index (χ0) is 37.7. The number of carbonyl (C=O) groups is 1. The first-order chi connectivity index (χ1) is 25.7. The summed E-state index contributed by atoms with van der Waals surface area (Å²) in [6.07, 6.45) is 54.3. The van der Waals surface area contributed by atoms with Crippen LogP contribution in [0.4, 0.5) is 0 Å². The largest absolute Gasteiger partial charge is 0.382 e. The molecule has 0 bridgehead atoms. The second-order valence-electron chi connectivity index (χ2n) is 16.6. The Morgan fingerprint density at radius 1 is 0.404 bits per heavy atom. The normalized spacial score (nSPS) is 11.6. The van der Waals surface area contributed by atoms with Crippen molar-refractivity contribution in [3.05, 3.63) is 0 Å². The predicted molar refractivity (Wildman–Crippen MR) is 231 cm³/mol. The lowest BCUT2D eigenvalue weighted by molar-refractivity contribution is -0.122. The first kappa shape index (κ1) is 51.4. The van der Waals surface area contributed by atoms with Crippen molar-refractivity contribution in [3.63, 3.8) is 0 Å². The number of methoxy groups -OCH3 is 1. The van der Waals surface area contributed by atoms with E-state index in [1.807, 2.05) is 0 Å². The van der Waals surface area contributed by atoms with E-state index < -0.39 is 0 Å². The van der Waals surface area contributed by atoms with Gasteiger partial charge in [0.25, 0.3) is 0 Å². The molecule has 1 amide bonds. The maximum atomic E-state index is 12.4. The number of ether oxygens (including phenoxy) is 2. The Kier molecular flexibility index (Phi) is 46.0. The lowest BCUT2D eigenvalue weighted by Gasteiger charge is -2.18. The summed E-state index contributed by atoms with van der Waals surface area (Å²) in [7, 11) is 1.68. The van der Waals surface area contributed by atoms with Crippen molar-refractivity contribution in [1.82, 2.24) is 5.32 Å². The highest BCUT2D eigenvalue weighted by molar-refractivity contribution is 5.75. The maximum Gasteiger partial charge on any atom is 0.222 e. The van der Waals surface area contributed by atoms with E-state index in [0.29, 0.717) is 32.2 Å². The molecule has 0 fully saturated rings. The number of hydrogen-bond donors (Lipinski definition) is 1. The summed E-state index contributed by atoms with van der Waals surface area (Å²) in [5, 5.41) is 3.24. The molecule has 0 saturated heterocycles. The molecule has 4 heteroatoms. The Balaban J connectivity index is 3.89. The van der Waals surface area contributed by atoms with Crippen molar-refractivity contribution in [2.75, 3.05) is 33.5 Å². The van der Waals surface area contributed by atoms with E-state index in [1.54, 1.807) is 7.11 Å². The molecule has 0 aliphatic carbocycles. The lowest BCUT2D eigenvalue weighted by atomic mass is 9.93. The van der Waals surface area contributed by atoms with Gasteiger partial charge in [-0.3, -0.25) is 4.79 Å². The second-order valence-corrected chi connectivity index (χ2v) is 16.6. The van der Waals surface area contributed by atoms with Gasteiger partial charge in [-0.05, 0) is 18.8 Å². The molecular weight excluding hydrogens is 639 g/mol. The van der Waals surface area contributed by atoms with Crippen molar-refractivity contribution in [3.8, 4) is 0 Å². The highest BCUT2D eigenvalue weighted by Crippen LogP contribution is 2.20. The Labute approximate surface area is 328 Å². The third-order valence-electron chi connectivity index (χ3n) is 11.4. The van der Waals surface area contributed by atoms with Crippen molar-refractivity contribution >= 4 is 5.91 Å². The van der Waals surface area contributed by atoms with Gasteiger partial charge in [0.15, 0.2) is 0 Å². The van der Waals surface area contributed by atoms with Gasteiger partial charge in [-0.15, -0.1) is 0 Å². The fourth-order valence-electron chi connectivity index (χ4n) is 7.77. The van der Waals surface area contributed by atoms with Gasteiger partial charge < -0.3 is 14.8 Å². The molecule has 0 saturated carbocycles. The van der Waals surface area contributed by atoms with Crippen LogP contribution in [0.5, 0.6) is 0 Å². The van der Waals surface area contributed by atoms with Crippen molar-refractivity contribution in [2.24, 2.45) is 5.92 Å². The standard InChI is InChI=1S/C48H97NO3/c1-4-6-8-10-12-14-16-18-20-22-24-26-28-30-32-34-36-38-40-47(46-49-48(50)42-43-52-45-44-51-3)41-39-37-35-33-31-29-27-25-23-21-19-17-15-13-11-9-7-5-2/h47H,4-46H2,1-3H3,(H,49,50). The van der Waals surface area contributed by atoms with Crippen LogP contribution in [0.15, 0.2) is 0 Å². The molecule has 312 valence electrons. The average Bonchev–Trinajstić information content (AvgIpc) is 3.15. The zero-order valence-corrected chi connectivity index (χ0v) is 36.2. The summed E-state index contributed by atoms with van der Waals surface area (Å²) in [6.45, 7) is 7.08. The molecular formula is C48H97NO3. The fraction of sp³-hybridized carbons (Fsp3) is 0.979. The Hall–Kier alpha value is -0.610. The van der Waals surface area contributed by atoms with Gasteiger partial charge in [-0.2, -0.15) is 0 Å². The number of carbonyl (C=O) groups excluding carboxylic acids is 1. The van der Waals surface area contributed by atoms with Crippen molar-refractivity contribution in [2.45, 2.75) is 264 Å². The molecule has 1 N–H and O–H groups in total. The third kappa shape index (κ3) is 43.8. The van der Waals surface area contributed by atoms with Gasteiger partial charge in [-0.25, -0.2) is 0 Å². The van der Waals surface area contributed by atoms with Crippen LogP contribution in [0.25, 0.3) is 0 Å². The van der Waals surface area contributed by atoms with Crippen LogP contribution < -0.4 is 5.32 Å². The van der Waals surface area contributed by atoms with Gasteiger partial charge in [0.2, 0.25) is 5.91 Å². The molecule has 0 aliphatic heterocycles. The van der Waals surface area contributed by atoms with Crippen LogP contribution in [-0.4, -0.2) is 39.4 Å². The molecule has 0 spiro atoms. The summed E-state index contributed by atoms with van der Waals surface area (Å²) < 4.78 is 10.5. The quantitative estimate of drug-likeness (QED) is 0.0633. The number of hydrogen-bond acceptors (Lipinski definition) is 3. The maximum absolute atomic E-state index is 12.4. The van der Waals surface area contributed by atoms with Crippen LogP contribution in [0.1, 0.15) is 264 Å². The van der Waals surface area contributed by atoms with E-state index >= 15 is 0 Å². The number of unbranched alkanes of at least 4 members (excludes halogenated alkanes) is 34. The van der Waals surface area contributed by atoms with Crippen LogP contribution in [0.2, 0.25) is 0 Å². The number of rotatable bonds is 46. The monoisotopic (exact) mass is 736 g/mol. The minimum absolute atomic E-state index is 0.137. The fourth-order valence-corrected chi connectivity index (χ4v) is 7.77. The molecule has 0 unspecified atom stereocenters. The van der Waals surface area contributed by atoms with Crippen LogP contribution in [-0.2, 0) is 14.3 Å². The number of nitrogens with one attached hydrogen (secondary N) is 1. The van der Waals surface area contributed by atoms with E-state index in [4.69, 9.17) is 9.47 Å². The average molecular weight is 736 g/mol. The summed E-state index contributed by atoms with van der Waals surface area (Å²) in [4.78, 5) is 12.4. The van der Waals surface area contributed by atoms with E-state index in [2.05, 4.69) is 19.2 Å². The van der Waals surface area contributed by atoms with Gasteiger partial charge in [-0.1, -0.05) is 245 Å². The third-order valence-corrected chi connectivity index (χ3v) is 11.4. The molecule has 0 aromatic heterocycles. The molecule has 0 aromatic carbocycles. The molecule has 0 aliphatic rings. The van der Waals surface area contributed by atoms with Crippen molar-refractivity contribution < 1.29 is 14.3 Å². The lowest BCUT2D eigenvalue weighted by Crippen LogP contribution is -2.30. The predicted octanol–water partition coefficient (Wildman–Crippen LogP) is 15.6. The summed E-state index contributed by atoms with van der Waals surface area (Å²) >= 11 is 0. The van der Waals surface area contributed by atoms with Crippen LogP contribution >= 0.6 is 0 Å². The molecule has 4 nitrogen and oxygen atoms in total. The highest BCUT2D eigenvalue weighted by Gasteiger charge is 2.11. The second kappa shape index (κ2) is 46.5. The van der Waals surface area contributed by atoms with E-state index in [1.165, 1.54) is 244 Å². The molecule has 0 radical (unpaired) electrons. The van der Waals surface area contributed by atoms with Gasteiger partial charge in [0.1, 0.15) is 0 Å². The van der Waals surface area contributed by atoms with Crippen LogP contribution in [0, 0.1) is 5.92 Å². The Bertz CT molecular complexity index is 616. The topological polar surface area (TPSA) is 47.6 Å². The summed E-state index contributed by atoms with van der Waals surface area (Å²) in [5.74, 6) is 0.763. The Morgan fingerprint density at radius 2 is 0.692 bits per heavy atom. The van der Waals surface area contributed by atoms with Gasteiger partial charge >= 0.3 is 0 Å². The smallest absolute Gasteiger partial charge is 0.222 e. The summed E-state index contributed by atoms with van der Waals surface area (Å²) in [6, 6.07) is 0. The minimum atomic E-state index is 0.137. The zero-order valence-electron chi connectivity index (χ0n) is 36.2. The first-order valence-corrected chi connectivity index (χ1v) is 24.1. The van der Waals surface area contributed by atoms with Crippen molar-refractivity contribution in [1.29, 1.82) is 0 Å². The first-order valence-electron chi connectivity index (χ1n) is 24.1. The Morgan fingerprint density at radius 3 is 0.981 bits per heavy atom. The summed E-state index contributed by atoms with van der Waals surface area (Å²) in [5.41, 5.74) is 0. The van der Waals surface area contributed by atoms with Gasteiger partial charge in [0.05, 0.1) is 19.8 Å². The van der Waals surface area contributed by atoms with Gasteiger partial charge in [0, 0.05) is 20.1 Å². The molecule has 0 atom stereocenters. The SMILES string of the molecule is CCCCCCCCCCCCCCCCCCCCC(CCCCCCCCCCCCCCCCCCCC)CNC(=O)CCOCCOC. The molecule has 0 heterocycles. The van der Waals surface area contributed by atoms with E-state index in [0.717, 1.165) is 6.54 Å².